The van der Waals surface area contributed by atoms with Gasteiger partial charge >= 0.3 is 0 Å². The molecule has 4 nitrogen and oxygen atoms in total. The lowest BCUT2D eigenvalue weighted by Crippen LogP contribution is -2.18. The van der Waals surface area contributed by atoms with Crippen LogP contribution < -0.4 is 5.32 Å². The summed E-state index contributed by atoms with van der Waals surface area (Å²) in [6, 6.07) is 4.34. The lowest BCUT2D eigenvalue weighted by Gasteiger charge is -2.04. The van der Waals surface area contributed by atoms with E-state index >= 15 is 0 Å². The number of amides is 1. The molecule has 1 aromatic rings. The molecule has 82 valence electrons. The molecule has 6 heteroatoms. The highest BCUT2D eigenvalue weighted by molar-refractivity contribution is 8.13. The highest BCUT2D eigenvalue weighted by atomic mass is 35.7. The Morgan fingerprint density at radius 3 is 2.47 bits per heavy atom. The maximum atomic E-state index is 11.3. The van der Waals surface area contributed by atoms with Crippen molar-refractivity contribution < 1.29 is 13.2 Å². The topological polar surface area (TPSA) is 63.2 Å². The number of carbonyl (C=O) groups is 1. The average molecular weight is 248 g/mol. The van der Waals surface area contributed by atoms with Crippen LogP contribution in [0.15, 0.2) is 23.1 Å². The van der Waals surface area contributed by atoms with Crippen LogP contribution in [0.3, 0.4) is 0 Å². The predicted molar refractivity (Wildman–Crippen MR) is 57.6 cm³/mol. The number of halogens is 1. The zero-order valence-electron chi connectivity index (χ0n) is 8.24. The van der Waals surface area contributed by atoms with Gasteiger partial charge in [-0.2, -0.15) is 0 Å². The molecule has 0 bridgehead atoms. The van der Waals surface area contributed by atoms with Crippen LogP contribution in [0.5, 0.6) is 0 Å². The second kappa shape index (κ2) is 4.20. The minimum Gasteiger partial charge on any atom is -0.355 e. The van der Waals surface area contributed by atoms with E-state index in [4.69, 9.17) is 10.7 Å². The summed E-state index contributed by atoms with van der Waals surface area (Å²) in [5.41, 5.74) is 0.778. The first-order valence-electron chi connectivity index (χ1n) is 4.13. The Bertz CT molecular complexity index is 496. The summed E-state index contributed by atoms with van der Waals surface area (Å²) in [4.78, 5) is 11.2. The molecule has 0 fully saturated rings. The van der Waals surface area contributed by atoms with Crippen LogP contribution in [-0.4, -0.2) is 21.4 Å². The highest BCUT2D eigenvalue weighted by Crippen LogP contribution is 2.20. The van der Waals surface area contributed by atoms with Gasteiger partial charge in [0, 0.05) is 23.3 Å². The van der Waals surface area contributed by atoms with Crippen LogP contribution in [-0.2, 0) is 9.05 Å². The molecular weight excluding hydrogens is 238 g/mol. The molecule has 0 aliphatic rings. The van der Waals surface area contributed by atoms with Gasteiger partial charge in [-0.05, 0) is 24.6 Å². The Morgan fingerprint density at radius 2 is 2.00 bits per heavy atom. The van der Waals surface area contributed by atoms with Crippen LogP contribution in [0.1, 0.15) is 15.9 Å². The highest BCUT2D eigenvalue weighted by Gasteiger charge is 2.15. The van der Waals surface area contributed by atoms with E-state index < -0.39 is 9.05 Å². The molecule has 15 heavy (non-hydrogen) atoms. The van der Waals surface area contributed by atoms with Gasteiger partial charge in [-0.25, -0.2) is 8.42 Å². The molecule has 0 spiro atoms. The maximum Gasteiger partial charge on any atom is 0.261 e. The Morgan fingerprint density at radius 1 is 1.40 bits per heavy atom. The number of hydrogen-bond donors (Lipinski definition) is 1. The van der Waals surface area contributed by atoms with Crippen molar-refractivity contribution in [1.82, 2.24) is 5.32 Å². The second-order valence-corrected chi connectivity index (χ2v) is 5.53. The molecule has 0 atom stereocenters. The molecule has 0 unspecified atom stereocenters. The molecule has 1 N–H and O–H groups in total. The fraction of sp³-hybridized carbons (Fsp3) is 0.222. The summed E-state index contributed by atoms with van der Waals surface area (Å²) in [6.07, 6.45) is 0. The summed E-state index contributed by atoms with van der Waals surface area (Å²) in [6.45, 7) is 1.61. The molecule has 0 radical (unpaired) electrons. The van der Waals surface area contributed by atoms with Gasteiger partial charge in [0.1, 0.15) is 0 Å². The number of rotatable bonds is 2. The molecule has 0 aliphatic heterocycles. The van der Waals surface area contributed by atoms with E-state index in [-0.39, 0.29) is 16.4 Å². The van der Waals surface area contributed by atoms with Gasteiger partial charge in [0.25, 0.3) is 15.0 Å². The van der Waals surface area contributed by atoms with Crippen molar-refractivity contribution in [2.45, 2.75) is 11.8 Å². The normalized spacial score (nSPS) is 11.1. The Labute approximate surface area is 92.7 Å². The summed E-state index contributed by atoms with van der Waals surface area (Å²) in [5, 5.41) is 2.40. The number of carbonyl (C=O) groups excluding carboxylic acids is 1. The first kappa shape index (κ1) is 12.0. The molecule has 0 heterocycles. The zero-order chi connectivity index (χ0) is 11.6. The number of benzene rings is 1. The average Bonchev–Trinajstić information content (AvgIpc) is 2.15. The minimum absolute atomic E-state index is 0.0368. The van der Waals surface area contributed by atoms with Gasteiger partial charge in [-0.15, -0.1) is 0 Å². The Hall–Kier alpha value is -1.07. The standard InChI is InChI=1S/C9H10ClNO3S/c1-6-3-4-7(9(12)11-2)5-8(6)15(10,13)14/h3-5H,1-2H3,(H,11,12). The largest absolute Gasteiger partial charge is 0.355 e. The first-order valence-corrected chi connectivity index (χ1v) is 6.44. The third kappa shape index (κ3) is 2.70. The summed E-state index contributed by atoms with van der Waals surface area (Å²) in [5.74, 6) is -0.350. The second-order valence-electron chi connectivity index (χ2n) is 3.00. The van der Waals surface area contributed by atoms with Crippen molar-refractivity contribution >= 4 is 25.6 Å². The molecule has 0 saturated carbocycles. The third-order valence-corrected chi connectivity index (χ3v) is 3.40. The fourth-order valence-electron chi connectivity index (χ4n) is 1.15. The van der Waals surface area contributed by atoms with Crippen molar-refractivity contribution in [2.75, 3.05) is 7.05 Å². The van der Waals surface area contributed by atoms with E-state index in [1.165, 1.54) is 13.1 Å². The number of nitrogens with one attached hydrogen (secondary N) is 1. The molecule has 1 amide bonds. The molecule has 1 aromatic carbocycles. The van der Waals surface area contributed by atoms with Crippen molar-refractivity contribution in [3.8, 4) is 0 Å². The van der Waals surface area contributed by atoms with Crippen molar-refractivity contribution in [3.05, 3.63) is 29.3 Å². The van der Waals surface area contributed by atoms with E-state index in [1.54, 1.807) is 19.1 Å². The Kier molecular flexibility index (Phi) is 3.36. The molecule has 0 saturated heterocycles. The van der Waals surface area contributed by atoms with Crippen LogP contribution in [0, 0.1) is 6.92 Å². The van der Waals surface area contributed by atoms with Crippen molar-refractivity contribution in [2.24, 2.45) is 0 Å². The minimum atomic E-state index is -3.81. The van der Waals surface area contributed by atoms with Gasteiger partial charge in [-0.3, -0.25) is 4.79 Å². The van der Waals surface area contributed by atoms with Gasteiger partial charge < -0.3 is 5.32 Å². The van der Waals surface area contributed by atoms with Gasteiger partial charge in [-0.1, -0.05) is 6.07 Å². The summed E-state index contributed by atoms with van der Waals surface area (Å²) in [7, 11) is 2.89. The first-order chi connectivity index (χ1) is 6.86. The van der Waals surface area contributed by atoms with E-state index in [1.807, 2.05) is 0 Å². The van der Waals surface area contributed by atoms with Crippen LogP contribution in [0.4, 0.5) is 0 Å². The van der Waals surface area contributed by atoms with Crippen LogP contribution in [0.25, 0.3) is 0 Å². The quantitative estimate of drug-likeness (QED) is 0.801. The number of aryl methyl sites for hydroxylation is 1. The van der Waals surface area contributed by atoms with Gasteiger partial charge in [0.15, 0.2) is 0 Å². The van der Waals surface area contributed by atoms with E-state index in [0.717, 1.165) is 0 Å². The zero-order valence-corrected chi connectivity index (χ0v) is 9.82. The third-order valence-electron chi connectivity index (χ3n) is 1.94. The summed E-state index contributed by atoms with van der Waals surface area (Å²) >= 11 is 0. The molecule has 0 aliphatic carbocycles. The molecule has 1 rings (SSSR count). The lowest BCUT2D eigenvalue weighted by molar-refractivity contribution is 0.0963. The maximum absolute atomic E-state index is 11.3. The van der Waals surface area contributed by atoms with E-state index in [9.17, 15) is 13.2 Å². The van der Waals surface area contributed by atoms with E-state index in [0.29, 0.717) is 5.56 Å². The van der Waals surface area contributed by atoms with Crippen LogP contribution >= 0.6 is 10.7 Å². The lowest BCUT2D eigenvalue weighted by atomic mass is 10.1. The van der Waals surface area contributed by atoms with Crippen molar-refractivity contribution in [3.63, 3.8) is 0 Å². The number of hydrogen-bond acceptors (Lipinski definition) is 3. The monoisotopic (exact) mass is 247 g/mol. The molecule has 0 aromatic heterocycles. The fourth-order valence-corrected chi connectivity index (χ4v) is 2.37. The van der Waals surface area contributed by atoms with Gasteiger partial charge in [0.2, 0.25) is 0 Å². The summed E-state index contributed by atoms with van der Waals surface area (Å²) < 4.78 is 22.3. The van der Waals surface area contributed by atoms with Crippen LogP contribution in [0.2, 0.25) is 0 Å². The molecular formula is C9H10ClNO3S. The Balaban J connectivity index is 3.36. The predicted octanol–water partition coefficient (Wildman–Crippen LogP) is 1.28. The van der Waals surface area contributed by atoms with Crippen molar-refractivity contribution in [1.29, 1.82) is 0 Å². The van der Waals surface area contributed by atoms with E-state index in [2.05, 4.69) is 5.32 Å². The smallest absolute Gasteiger partial charge is 0.261 e. The SMILES string of the molecule is CNC(=O)c1ccc(C)c(S(=O)(=O)Cl)c1. The van der Waals surface area contributed by atoms with Gasteiger partial charge in [0.05, 0.1) is 4.90 Å².